The van der Waals surface area contributed by atoms with Crippen LogP contribution in [0.1, 0.15) is 27.7 Å². The van der Waals surface area contributed by atoms with Crippen LogP contribution in [0.5, 0.6) is 0 Å². The summed E-state index contributed by atoms with van der Waals surface area (Å²) >= 11 is 0. The molecule has 0 saturated heterocycles. The highest BCUT2D eigenvalue weighted by Crippen LogP contribution is 2.17. The topological polar surface area (TPSA) is 81.4 Å². The second-order valence-corrected chi connectivity index (χ2v) is 5.81. The first kappa shape index (κ1) is 12.8. The first-order valence-corrected chi connectivity index (χ1v) is 5.72. The Hall–Kier alpha value is -0.170. The largest absolute Gasteiger partial charge is 0.324 e. The Morgan fingerprint density at radius 2 is 1.62 bits per heavy atom. The monoisotopic (exact) mass is 210 g/mol. The number of rotatable bonds is 4. The van der Waals surface area contributed by atoms with Crippen molar-refractivity contribution < 1.29 is 12.7 Å². The van der Waals surface area contributed by atoms with E-state index in [1.165, 1.54) is 0 Å². The first-order chi connectivity index (χ1) is 5.46. The van der Waals surface area contributed by atoms with Gasteiger partial charge in [0.1, 0.15) is 0 Å². The van der Waals surface area contributed by atoms with E-state index in [1.54, 1.807) is 27.7 Å². The average Bonchev–Trinajstić information content (AvgIpc) is 1.79. The Morgan fingerprint density at radius 3 is 1.85 bits per heavy atom. The Morgan fingerprint density at radius 1 is 1.23 bits per heavy atom. The van der Waals surface area contributed by atoms with Crippen LogP contribution in [-0.2, 0) is 14.4 Å². The van der Waals surface area contributed by atoms with Crippen LogP contribution in [-0.4, -0.2) is 25.8 Å². The summed E-state index contributed by atoms with van der Waals surface area (Å²) in [5.41, 5.74) is 7.02. The summed E-state index contributed by atoms with van der Waals surface area (Å²) < 4.78 is 25.8. The van der Waals surface area contributed by atoms with Crippen molar-refractivity contribution in [2.45, 2.75) is 38.8 Å². The molecule has 5 nitrogen and oxygen atoms in total. The van der Waals surface area contributed by atoms with E-state index in [1.807, 2.05) is 0 Å². The average molecular weight is 210 g/mol. The van der Waals surface area contributed by atoms with Crippen molar-refractivity contribution in [1.29, 1.82) is 0 Å². The lowest BCUT2D eigenvalue weighted by Crippen LogP contribution is -2.61. The van der Waals surface area contributed by atoms with E-state index in [-0.39, 0.29) is 0 Å². The molecule has 0 aromatic rings. The second-order valence-electron chi connectivity index (χ2n) is 4.24. The lowest BCUT2D eigenvalue weighted by Gasteiger charge is -2.37. The molecule has 3 N–H and O–H groups in total. The van der Waals surface area contributed by atoms with Gasteiger partial charge in [-0.25, -0.2) is 0 Å². The van der Waals surface area contributed by atoms with Crippen LogP contribution in [0.25, 0.3) is 0 Å². The van der Waals surface area contributed by atoms with Crippen molar-refractivity contribution in [3.8, 4) is 0 Å². The molecule has 80 valence electrons. The summed E-state index contributed by atoms with van der Waals surface area (Å²) in [5, 5.41) is 0. The SMILES string of the molecule is CC(C)(N)C(C)(C)NOS(C)(=O)=O. The fourth-order valence-electron chi connectivity index (χ4n) is 0.311. The third kappa shape index (κ3) is 4.56. The van der Waals surface area contributed by atoms with Crippen LogP contribution >= 0.6 is 0 Å². The normalized spacial score (nSPS) is 14.6. The standard InChI is InChI=1S/C7H18N2O3S/c1-6(2,8)7(3,4)9-12-13(5,10)11/h9H,8H2,1-5H3. The lowest BCUT2D eigenvalue weighted by atomic mass is 9.84. The molecular weight excluding hydrogens is 192 g/mol. The molecule has 0 fully saturated rings. The van der Waals surface area contributed by atoms with Gasteiger partial charge in [0, 0.05) is 5.54 Å². The van der Waals surface area contributed by atoms with Gasteiger partial charge >= 0.3 is 0 Å². The van der Waals surface area contributed by atoms with Gasteiger partial charge in [-0.05, 0) is 27.7 Å². The molecule has 0 atom stereocenters. The summed E-state index contributed by atoms with van der Waals surface area (Å²) in [6.45, 7) is 7.09. The fourth-order valence-corrected chi connectivity index (χ4v) is 0.671. The Balaban J connectivity index is 4.38. The molecular formula is C7H18N2O3S. The molecule has 0 amide bonds. The van der Waals surface area contributed by atoms with Crippen LogP contribution < -0.4 is 11.2 Å². The van der Waals surface area contributed by atoms with Gasteiger partial charge < -0.3 is 5.73 Å². The second kappa shape index (κ2) is 3.53. The first-order valence-electron chi connectivity index (χ1n) is 3.90. The number of hydrogen-bond donors (Lipinski definition) is 2. The quantitative estimate of drug-likeness (QED) is 0.637. The lowest BCUT2D eigenvalue weighted by molar-refractivity contribution is 0.0727. The Kier molecular flexibility index (Phi) is 3.48. The zero-order valence-corrected chi connectivity index (χ0v) is 9.53. The molecule has 0 spiro atoms. The van der Waals surface area contributed by atoms with Gasteiger partial charge in [0.25, 0.3) is 10.1 Å². The maximum Gasteiger partial charge on any atom is 0.280 e. The van der Waals surface area contributed by atoms with Crippen LogP contribution in [0.4, 0.5) is 0 Å². The smallest absolute Gasteiger partial charge is 0.280 e. The maximum atomic E-state index is 10.7. The predicted molar refractivity (Wildman–Crippen MR) is 51.4 cm³/mol. The number of hydrogen-bond acceptors (Lipinski definition) is 5. The summed E-state index contributed by atoms with van der Waals surface area (Å²) in [7, 11) is -3.48. The molecule has 0 aromatic carbocycles. The molecule has 0 aliphatic rings. The van der Waals surface area contributed by atoms with Crippen molar-refractivity contribution in [1.82, 2.24) is 5.48 Å². The highest BCUT2D eigenvalue weighted by molar-refractivity contribution is 7.85. The third-order valence-electron chi connectivity index (χ3n) is 2.06. The van der Waals surface area contributed by atoms with Gasteiger partial charge in [-0.2, -0.15) is 18.2 Å². The number of nitrogens with two attached hydrogens (primary N) is 1. The molecule has 0 aliphatic heterocycles. The molecule has 0 rings (SSSR count). The van der Waals surface area contributed by atoms with Crippen LogP contribution in [0.3, 0.4) is 0 Å². The molecule has 13 heavy (non-hydrogen) atoms. The van der Waals surface area contributed by atoms with Crippen molar-refractivity contribution in [3.05, 3.63) is 0 Å². The van der Waals surface area contributed by atoms with E-state index < -0.39 is 21.2 Å². The van der Waals surface area contributed by atoms with E-state index in [4.69, 9.17) is 5.73 Å². The van der Waals surface area contributed by atoms with Gasteiger partial charge in [0.15, 0.2) is 0 Å². The van der Waals surface area contributed by atoms with E-state index in [0.29, 0.717) is 0 Å². The van der Waals surface area contributed by atoms with E-state index in [2.05, 4.69) is 9.76 Å². The highest BCUT2D eigenvalue weighted by Gasteiger charge is 2.34. The molecule has 0 saturated carbocycles. The van der Waals surface area contributed by atoms with Gasteiger partial charge in [0.2, 0.25) is 0 Å². The Bertz CT molecular complexity index is 264. The Labute approximate surface area is 79.7 Å². The third-order valence-corrected chi connectivity index (χ3v) is 2.45. The molecule has 6 heteroatoms. The van der Waals surface area contributed by atoms with Gasteiger partial charge in [-0.15, -0.1) is 0 Å². The van der Waals surface area contributed by atoms with Gasteiger partial charge in [-0.3, -0.25) is 0 Å². The van der Waals surface area contributed by atoms with Crippen LogP contribution in [0.15, 0.2) is 0 Å². The van der Waals surface area contributed by atoms with Gasteiger partial charge in [-0.1, -0.05) is 0 Å². The van der Waals surface area contributed by atoms with Crippen LogP contribution in [0, 0.1) is 0 Å². The van der Waals surface area contributed by atoms with Crippen molar-refractivity contribution in [2.24, 2.45) is 5.73 Å². The van der Waals surface area contributed by atoms with Crippen LogP contribution in [0.2, 0.25) is 0 Å². The van der Waals surface area contributed by atoms with Crippen molar-refractivity contribution in [2.75, 3.05) is 6.26 Å². The summed E-state index contributed by atoms with van der Waals surface area (Å²) in [6.07, 6.45) is 0.972. The zero-order chi connectivity index (χ0) is 10.9. The minimum absolute atomic E-state index is 0.586. The van der Waals surface area contributed by atoms with E-state index in [9.17, 15) is 8.42 Å². The highest BCUT2D eigenvalue weighted by atomic mass is 32.2. The zero-order valence-electron chi connectivity index (χ0n) is 8.71. The fraction of sp³-hybridized carbons (Fsp3) is 1.00. The molecule has 0 heterocycles. The molecule has 0 aromatic heterocycles. The van der Waals surface area contributed by atoms with E-state index >= 15 is 0 Å². The van der Waals surface area contributed by atoms with Crippen molar-refractivity contribution in [3.63, 3.8) is 0 Å². The molecule has 0 bridgehead atoms. The summed E-state index contributed by atoms with van der Waals surface area (Å²) in [6, 6.07) is 0. The predicted octanol–water partition coefficient (Wildman–Crippen LogP) is -0.0169. The van der Waals surface area contributed by atoms with E-state index in [0.717, 1.165) is 6.26 Å². The number of nitrogens with one attached hydrogen (secondary N) is 1. The molecule has 0 aliphatic carbocycles. The molecule has 0 radical (unpaired) electrons. The number of hydroxylamine groups is 1. The minimum atomic E-state index is -3.48. The van der Waals surface area contributed by atoms with Crippen molar-refractivity contribution >= 4 is 10.1 Å². The summed E-state index contributed by atoms with van der Waals surface area (Å²) in [5.74, 6) is 0. The minimum Gasteiger partial charge on any atom is -0.324 e. The molecule has 0 unspecified atom stereocenters. The summed E-state index contributed by atoms with van der Waals surface area (Å²) in [4.78, 5) is 0. The maximum absolute atomic E-state index is 10.7. The van der Waals surface area contributed by atoms with Gasteiger partial charge in [0.05, 0.1) is 11.8 Å².